The Bertz CT molecular complexity index is 505. The van der Waals surface area contributed by atoms with Crippen molar-refractivity contribution in [1.29, 1.82) is 0 Å². The van der Waals surface area contributed by atoms with Gasteiger partial charge in [0.25, 0.3) is 0 Å². The molecule has 1 aliphatic heterocycles. The number of nitrogens with zero attached hydrogens (tertiary/aromatic N) is 1. The van der Waals surface area contributed by atoms with Crippen molar-refractivity contribution in [3.8, 4) is 5.75 Å². The van der Waals surface area contributed by atoms with Crippen LogP contribution in [0, 0.1) is 5.82 Å². The standard InChI is InChI=1S/C13H15FN2O3/c1-19-10-3-2-9(11(14)6-10)8-16-5-4-12(17)15-7-13(16)18/h2-3,6H,4-5,7-8H2,1H3,(H,15,17). The van der Waals surface area contributed by atoms with Crippen molar-refractivity contribution in [2.24, 2.45) is 0 Å². The summed E-state index contributed by atoms with van der Waals surface area (Å²) in [6.07, 6.45) is 0.240. The lowest BCUT2D eigenvalue weighted by molar-refractivity contribution is -0.130. The van der Waals surface area contributed by atoms with Gasteiger partial charge in [-0.05, 0) is 6.07 Å². The van der Waals surface area contributed by atoms with Gasteiger partial charge in [-0.2, -0.15) is 0 Å². The Morgan fingerprint density at radius 1 is 1.42 bits per heavy atom. The van der Waals surface area contributed by atoms with E-state index in [2.05, 4.69) is 5.32 Å². The molecular formula is C13H15FN2O3. The number of nitrogens with one attached hydrogen (secondary N) is 1. The first-order valence-electron chi connectivity index (χ1n) is 5.97. The summed E-state index contributed by atoms with van der Waals surface area (Å²) in [5.41, 5.74) is 0.406. The molecule has 1 aliphatic rings. The van der Waals surface area contributed by atoms with E-state index >= 15 is 0 Å². The molecule has 2 amide bonds. The smallest absolute Gasteiger partial charge is 0.242 e. The maximum absolute atomic E-state index is 13.8. The monoisotopic (exact) mass is 266 g/mol. The highest BCUT2D eigenvalue weighted by Gasteiger charge is 2.21. The van der Waals surface area contributed by atoms with Crippen LogP contribution in [-0.2, 0) is 16.1 Å². The molecule has 1 aromatic carbocycles. The second kappa shape index (κ2) is 5.69. The molecule has 0 aromatic heterocycles. The van der Waals surface area contributed by atoms with Crippen LogP contribution in [0.2, 0.25) is 0 Å². The summed E-state index contributed by atoms with van der Waals surface area (Å²) in [5, 5.41) is 2.50. The van der Waals surface area contributed by atoms with E-state index in [0.717, 1.165) is 0 Å². The third-order valence-electron chi connectivity index (χ3n) is 3.02. The molecule has 0 bridgehead atoms. The van der Waals surface area contributed by atoms with E-state index in [1.165, 1.54) is 18.1 Å². The van der Waals surface area contributed by atoms with Gasteiger partial charge in [-0.3, -0.25) is 9.59 Å². The van der Waals surface area contributed by atoms with Crippen LogP contribution < -0.4 is 10.1 Å². The number of rotatable bonds is 3. The molecular weight excluding hydrogens is 251 g/mol. The van der Waals surface area contributed by atoms with Crippen LogP contribution >= 0.6 is 0 Å². The molecule has 0 spiro atoms. The summed E-state index contributed by atoms with van der Waals surface area (Å²) in [6.45, 7) is 0.427. The molecule has 5 nitrogen and oxygen atoms in total. The predicted molar refractivity (Wildman–Crippen MR) is 66.0 cm³/mol. The van der Waals surface area contributed by atoms with E-state index in [4.69, 9.17) is 4.74 Å². The summed E-state index contributed by atoms with van der Waals surface area (Å²) < 4.78 is 18.7. The van der Waals surface area contributed by atoms with Gasteiger partial charge in [0.1, 0.15) is 11.6 Å². The molecule has 1 aromatic rings. The Balaban J connectivity index is 2.11. The van der Waals surface area contributed by atoms with Gasteiger partial charge < -0.3 is 15.0 Å². The van der Waals surface area contributed by atoms with Crippen LogP contribution in [0.15, 0.2) is 18.2 Å². The maximum Gasteiger partial charge on any atom is 0.242 e. The number of benzene rings is 1. The predicted octanol–water partition coefficient (Wildman–Crippen LogP) is 0.683. The number of hydrogen-bond acceptors (Lipinski definition) is 3. The number of carbonyl (C=O) groups excluding carboxylic acids is 2. The highest BCUT2D eigenvalue weighted by molar-refractivity contribution is 5.87. The van der Waals surface area contributed by atoms with E-state index in [0.29, 0.717) is 17.9 Å². The van der Waals surface area contributed by atoms with E-state index in [9.17, 15) is 14.0 Å². The lowest BCUT2D eigenvalue weighted by atomic mass is 10.2. The number of halogens is 1. The van der Waals surface area contributed by atoms with Crippen LogP contribution in [0.5, 0.6) is 5.75 Å². The maximum atomic E-state index is 13.8. The molecule has 1 fully saturated rings. The van der Waals surface area contributed by atoms with Crippen LogP contribution in [0.4, 0.5) is 4.39 Å². The zero-order valence-electron chi connectivity index (χ0n) is 10.6. The van der Waals surface area contributed by atoms with Gasteiger partial charge >= 0.3 is 0 Å². The second-order valence-electron chi connectivity index (χ2n) is 4.30. The Hall–Kier alpha value is -2.11. The molecule has 1 heterocycles. The normalized spacial score (nSPS) is 16.0. The molecule has 0 aliphatic carbocycles. The summed E-state index contributed by atoms with van der Waals surface area (Å²) in [4.78, 5) is 24.4. The highest BCUT2D eigenvalue weighted by Crippen LogP contribution is 2.18. The average Bonchev–Trinajstić information content (AvgIpc) is 2.56. The van der Waals surface area contributed by atoms with Gasteiger partial charge in [0.2, 0.25) is 11.8 Å². The second-order valence-corrected chi connectivity index (χ2v) is 4.30. The summed E-state index contributed by atoms with van der Waals surface area (Å²) in [7, 11) is 1.46. The SMILES string of the molecule is COc1ccc(CN2CCC(=O)NCC2=O)c(F)c1. The van der Waals surface area contributed by atoms with Crippen molar-refractivity contribution in [2.75, 3.05) is 20.2 Å². The number of carbonyl (C=O) groups is 2. The van der Waals surface area contributed by atoms with Crippen LogP contribution in [0.25, 0.3) is 0 Å². The Morgan fingerprint density at radius 2 is 2.21 bits per heavy atom. The van der Waals surface area contributed by atoms with E-state index in [1.807, 2.05) is 0 Å². The molecule has 1 saturated heterocycles. The van der Waals surface area contributed by atoms with Crippen molar-refractivity contribution in [2.45, 2.75) is 13.0 Å². The van der Waals surface area contributed by atoms with E-state index < -0.39 is 5.82 Å². The molecule has 19 heavy (non-hydrogen) atoms. The first-order chi connectivity index (χ1) is 9.10. The van der Waals surface area contributed by atoms with E-state index in [1.54, 1.807) is 12.1 Å². The van der Waals surface area contributed by atoms with E-state index in [-0.39, 0.29) is 31.3 Å². The van der Waals surface area contributed by atoms with Crippen molar-refractivity contribution >= 4 is 11.8 Å². The minimum Gasteiger partial charge on any atom is -0.497 e. The summed E-state index contributed by atoms with van der Waals surface area (Å²) >= 11 is 0. The van der Waals surface area contributed by atoms with Crippen LogP contribution in [-0.4, -0.2) is 36.9 Å². The third kappa shape index (κ3) is 3.21. The molecule has 6 heteroatoms. The highest BCUT2D eigenvalue weighted by atomic mass is 19.1. The van der Waals surface area contributed by atoms with Crippen LogP contribution in [0.3, 0.4) is 0 Å². The first-order valence-corrected chi connectivity index (χ1v) is 5.97. The fourth-order valence-electron chi connectivity index (χ4n) is 1.89. The zero-order valence-corrected chi connectivity index (χ0v) is 10.6. The van der Waals surface area contributed by atoms with Gasteiger partial charge in [-0.1, -0.05) is 6.07 Å². The van der Waals surface area contributed by atoms with Crippen molar-refractivity contribution in [3.63, 3.8) is 0 Å². The van der Waals surface area contributed by atoms with Gasteiger partial charge in [0, 0.05) is 31.1 Å². The fourth-order valence-corrected chi connectivity index (χ4v) is 1.89. The topological polar surface area (TPSA) is 58.6 Å². The van der Waals surface area contributed by atoms with Crippen LogP contribution in [0.1, 0.15) is 12.0 Å². The van der Waals surface area contributed by atoms with Gasteiger partial charge in [0.15, 0.2) is 0 Å². The Morgan fingerprint density at radius 3 is 2.89 bits per heavy atom. The van der Waals surface area contributed by atoms with Gasteiger partial charge in [0.05, 0.1) is 13.7 Å². The van der Waals surface area contributed by atoms with Crippen molar-refractivity contribution < 1.29 is 18.7 Å². The molecule has 0 unspecified atom stereocenters. The molecule has 0 atom stereocenters. The zero-order chi connectivity index (χ0) is 13.8. The number of hydrogen-bond donors (Lipinski definition) is 1. The van der Waals surface area contributed by atoms with Gasteiger partial charge in [-0.25, -0.2) is 4.39 Å². The summed E-state index contributed by atoms with van der Waals surface area (Å²) in [6, 6.07) is 4.51. The molecule has 2 rings (SSSR count). The quantitative estimate of drug-likeness (QED) is 0.875. The minimum absolute atomic E-state index is 0.0311. The molecule has 0 saturated carbocycles. The van der Waals surface area contributed by atoms with Crippen molar-refractivity contribution in [3.05, 3.63) is 29.6 Å². The lowest BCUT2D eigenvalue weighted by Gasteiger charge is -2.20. The minimum atomic E-state index is -0.421. The average molecular weight is 266 g/mol. The van der Waals surface area contributed by atoms with Gasteiger partial charge in [-0.15, -0.1) is 0 Å². The number of ether oxygens (including phenoxy) is 1. The molecule has 1 N–H and O–H groups in total. The fraction of sp³-hybridized carbons (Fsp3) is 0.385. The summed E-state index contributed by atoms with van der Waals surface area (Å²) in [5.74, 6) is -0.358. The van der Waals surface area contributed by atoms with Crippen molar-refractivity contribution in [1.82, 2.24) is 10.2 Å². The molecule has 102 valence electrons. The largest absolute Gasteiger partial charge is 0.497 e. The number of methoxy groups -OCH3 is 1. The number of amides is 2. The Labute approximate surface area is 110 Å². The first kappa shape index (κ1) is 13.3. The lowest BCUT2D eigenvalue weighted by Crippen LogP contribution is -2.34. The third-order valence-corrected chi connectivity index (χ3v) is 3.02. The molecule has 0 radical (unpaired) electrons. The Kier molecular flexibility index (Phi) is 3.99.